The fourth-order valence-electron chi connectivity index (χ4n) is 4.33. The van der Waals surface area contributed by atoms with Crippen LogP contribution in [-0.4, -0.2) is 33.0 Å². The van der Waals surface area contributed by atoms with Crippen LogP contribution in [0.25, 0.3) is 0 Å². The lowest BCUT2D eigenvalue weighted by molar-refractivity contribution is 0.169. The van der Waals surface area contributed by atoms with Crippen molar-refractivity contribution in [1.29, 1.82) is 0 Å². The summed E-state index contributed by atoms with van der Waals surface area (Å²) in [7, 11) is -3.43. The number of likely N-dealkylation sites (tertiary alicyclic amines) is 1. The van der Waals surface area contributed by atoms with E-state index < -0.39 is 10.0 Å². The Bertz CT molecular complexity index is 880. The van der Waals surface area contributed by atoms with Gasteiger partial charge < -0.3 is 0 Å². The Morgan fingerprint density at radius 3 is 2.67 bits per heavy atom. The zero-order valence-electron chi connectivity index (χ0n) is 15.7. The Balaban J connectivity index is 1.35. The molecule has 0 saturated carbocycles. The highest BCUT2D eigenvalue weighted by atomic mass is 32.2. The Morgan fingerprint density at radius 2 is 1.81 bits per heavy atom. The number of aryl methyl sites for hydroxylation is 2. The van der Waals surface area contributed by atoms with E-state index in [1.165, 1.54) is 16.7 Å². The van der Waals surface area contributed by atoms with Crippen LogP contribution in [0.1, 0.15) is 36.0 Å². The molecular formula is C22H28N2O2S. The van der Waals surface area contributed by atoms with E-state index in [1.54, 1.807) is 6.07 Å². The van der Waals surface area contributed by atoms with Crippen molar-refractivity contribution in [1.82, 2.24) is 9.62 Å². The van der Waals surface area contributed by atoms with Gasteiger partial charge in [0.25, 0.3) is 0 Å². The smallest absolute Gasteiger partial charge is 0.240 e. The zero-order chi connectivity index (χ0) is 18.7. The second-order valence-electron chi connectivity index (χ2n) is 7.86. The molecule has 1 saturated heterocycles. The van der Waals surface area contributed by atoms with Gasteiger partial charge in [-0.25, -0.2) is 13.1 Å². The minimum atomic E-state index is -3.43. The molecule has 1 heterocycles. The van der Waals surface area contributed by atoms with E-state index in [9.17, 15) is 8.42 Å². The molecule has 0 amide bonds. The molecule has 1 fully saturated rings. The van der Waals surface area contributed by atoms with Crippen molar-refractivity contribution in [3.63, 3.8) is 0 Å². The Kier molecular flexibility index (Phi) is 5.62. The van der Waals surface area contributed by atoms with Crippen molar-refractivity contribution >= 4 is 10.0 Å². The predicted octanol–water partition coefficient (Wildman–Crippen LogP) is 3.37. The van der Waals surface area contributed by atoms with E-state index in [1.807, 2.05) is 18.2 Å². The van der Waals surface area contributed by atoms with Gasteiger partial charge in [-0.15, -0.1) is 0 Å². The molecule has 2 aromatic carbocycles. The summed E-state index contributed by atoms with van der Waals surface area (Å²) in [6, 6.07) is 16.1. The van der Waals surface area contributed by atoms with Gasteiger partial charge in [0, 0.05) is 19.6 Å². The first-order valence-electron chi connectivity index (χ1n) is 9.98. The zero-order valence-corrected chi connectivity index (χ0v) is 16.5. The molecule has 1 N–H and O–H groups in total. The van der Waals surface area contributed by atoms with Gasteiger partial charge in [0.1, 0.15) is 0 Å². The molecule has 0 radical (unpaired) electrons. The van der Waals surface area contributed by atoms with Crippen molar-refractivity contribution in [2.45, 2.75) is 43.5 Å². The molecule has 2 aliphatic rings. The standard InChI is InChI=1S/C22H28N2O2S/c25-27(26,22-12-11-20-9-4-10-21(20)14-22)23-15-19-8-5-13-24(17-19)16-18-6-2-1-3-7-18/h1-3,6-7,11-12,14,19,23H,4-5,8-10,13,15-17H2. The summed E-state index contributed by atoms with van der Waals surface area (Å²) in [5, 5.41) is 0. The summed E-state index contributed by atoms with van der Waals surface area (Å²) in [5.41, 5.74) is 3.82. The maximum atomic E-state index is 12.7. The lowest BCUT2D eigenvalue weighted by Crippen LogP contribution is -2.40. The number of sulfonamides is 1. The van der Waals surface area contributed by atoms with Gasteiger partial charge in [-0.3, -0.25) is 4.90 Å². The molecule has 0 aromatic heterocycles. The molecule has 144 valence electrons. The van der Waals surface area contributed by atoms with Crippen LogP contribution in [0, 0.1) is 5.92 Å². The normalized spacial score (nSPS) is 20.5. The molecule has 1 unspecified atom stereocenters. The average molecular weight is 385 g/mol. The Hall–Kier alpha value is -1.69. The van der Waals surface area contributed by atoms with Gasteiger partial charge in [-0.2, -0.15) is 0 Å². The molecule has 2 aromatic rings. The maximum Gasteiger partial charge on any atom is 0.240 e. The monoisotopic (exact) mass is 384 g/mol. The third kappa shape index (κ3) is 4.60. The topological polar surface area (TPSA) is 49.4 Å². The lowest BCUT2D eigenvalue weighted by Gasteiger charge is -2.32. The van der Waals surface area contributed by atoms with Gasteiger partial charge in [-0.1, -0.05) is 36.4 Å². The molecule has 1 aliphatic heterocycles. The van der Waals surface area contributed by atoms with Gasteiger partial charge in [0.2, 0.25) is 10.0 Å². The van der Waals surface area contributed by atoms with Crippen LogP contribution < -0.4 is 4.72 Å². The molecule has 5 heteroatoms. The van der Waals surface area contributed by atoms with Crippen LogP contribution in [-0.2, 0) is 29.4 Å². The number of fused-ring (bicyclic) bond motifs is 1. The van der Waals surface area contributed by atoms with Gasteiger partial charge in [0.15, 0.2) is 0 Å². The highest BCUT2D eigenvalue weighted by Gasteiger charge is 2.23. The molecule has 4 nitrogen and oxygen atoms in total. The molecule has 27 heavy (non-hydrogen) atoms. The van der Waals surface area contributed by atoms with Crippen LogP contribution >= 0.6 is 0 Å². The second kappa shape index (κ2) is 8.13. The summed E-state index contributed by atoms with van der Waals surface area (Å²) < 4.78 is 28.3. The van der Waals surface area contributed by atoms with E-state index in [0.29, 0.717) is 17.4 Å². The summed E-state index contributed by atoms with van der Waals surface area (Å²) in [6.07, 6.45) is 5.40. The fraction of sp³-hybridized carbons (Fsp3) is 0.455. The molecule has 1 atom stereocenters. The van der Waals surface area contributed by atoms with E-state index in [2.05, 4.69) is 33.9 Å². The average Bonchev–Trinajstić information content (AvgIpc) is 3.15. The Labute approximate surface area is 162 Å². The number of piperidine rings is 1. The van der Waals surface area contributed by atoms with Crippen molar-refractivity contribution < 1.29 is 8.42 Å². The molecule has 4 rings (SSSR count). The van der Waals surface area contributed by atoms with Crippen molar-refractivity contribution in [3.05, 3.63) is 65.2 Å². The SMILES string of the molecule is O=S(=O)(NCC1CCCN(Cc2ccccc2)C1)c1ccc2c(c1)CCC2. The number of nitrogens with one attached hydrogen (secondary N) is 1. The molecule has 0 spiro atoms. The van der Waals surface area contributed by atoms with Crippen LogP contribution in [0.15, 0.2) is 53.4 Å². The van der Waals surface area contributed by atoms with Crippen molar-refractivity contribution in [2.75, 3.05) is 19.6 Å². The fourth-order valence-corrected chi connectivity index (χ4v) is 5.50. The number of hydrogen-bond donors (Lipinski definition) is 1. The highest BCUT2D eigenvalue weighted by molar-refractivity contribution is 7.89. The van der Waals surface area contributed by atoms with E-state index in [-0.39, 0.29) is 0 Å². The minimum absolute atomic E-state index is 0.367. The van der Waals surface area contributed by atoms with E-state index in [4.69, 9.17) is 0 Å². The van der Waals surface area contributed by atoms with Gasteiger partial charge in [0.05, 0.1) is 4.90 Å². The predicted molar refractivity (Wildman–Crippen MR) is 108 cm³/mol. The summed E-state index contributed by atoms with van der Waals surface area (Å²) in [6.45, 7) is 3.49. The first-order valence-corrected chi connectivity index (χ1v) is 11.5. The number of benzene rings is 2. The van der Waals surface area contributed by atoms with E-state index in [0.717, 1.165) is 51.7 Å². The Morgan fingerprint density at radius 1 is 1.00 bits per heavy atom. The summed E-state index contributed by atoms with van der Waals surface area (Å²) in [5.74, 6) is 0.367. The van der Waals surface area contributed by atoms with Gasteiger partial charge >= 0.3 is 0 Å². The molecule has 1 aliphatic carbocycles. The number of rotatable bonds is 6. The lowest BCUT2D eigenvalue weighted by atomic mass is 9.98. The maximum absolute atomic E-state index is 12.7. The first-order chi connectivity index (χ1) is 13.1. The number of nitrogens with zero attached hydrogens (tertiary/aromatic N) is 1. The van der Waals surface area contributed by atoms with Crippen LogP contribution in [0.2, 0.25) is 0 Å². The van der Waals surface area contributed by atoms with Crippen molar-refractivity contribution in [2.24, 2.45) is 5.92 Å². The quantitative estimate of drug-likeness (QED) is 0.831. The van der Waals surface area contributed by atoms with Gasteiger partial charge in [-0.05, 0) is 73.4 Å². The third-order valence-corrected chi connectivity index (χ3v) is 7.22. The third-order valence-electron chi connectivity index (χ3n) is 5.79. The highest BCUT2D eigenvalue weighted by Crippen LogP contribution is 2.25. The second-order valence-corrected chi connectivity index (χ2v) is 9.63. The van der Waals surface area contributed by atoms with Crippen LogP contribution in [0.5, 0.6) is 0 Å². The summed E-state index contributed by atoms with van der Waals surface area (Å²) >= 11 is 0. The number of hydrogen-bond acceptors (Lipinski definition) is 3. The van der Waals surface area contributed by atoms with Crippen molar-refractivity contribution in [3.8, 4) is 0 Å². The molecular weight excluding hydrogens is 356 g/mol. The van der Waals surface area contributed by atoms with E-state index >= 15 is 0 Å². The minimum Gasteiger partial charge on any atom is -0.299 e. The van der Waals surface area contributed by atoms with Crippen LogP contribution in [0.4, 0.5) is 0 Å². The first kappa shape index (κ1) is 18.7. The molecule has 0 bridgehead atoms. The van der Waals surface area contributed by atoms with Crippen LogP contribution in [0.3, 0.4) is 0 Å². The summed E-state index contributed by atoms with van der Waals surface area (Å²) in [4.78, 5) is 2.85. The largest absolute Gasteiger partial charge is 0.299 e.